The molecule has 1 atom stereocenters. The SMILES string of the molecule is CCn1ccnc1NCC(N)CC(C)(C)C. The van der Waals surface area contributed by atoms with E-state index >= 15 is 0 Å². The van der Waals surface area contributed by atoms with Crippen molar-refractivity contribution in [1.82, 2.24) is 9.55 Å². The predicted molar refractivity (Wildman–Crippen MR) is 68.4 cm³/mol. The van der Waals surface area contributed by atoms with Crippen LogP contribution in [0.2, 0.25) is 0 Å². The minimum absolute atomic E-state index is 0.169. The maximum absolute atomic E-state index is 6.07. The Labute approximate surface area is 98.2 Å². The summed E-state index contributed by atoms with van der Waals surface area (Å²) in [6, 6.07) is 0.169. The molecular weight excluding hydrogens is 200 g/mol. The van der Waals surface area contributed by atoms with E-state index in [-0.39, 0.29) is 11.5 Å². The minimum atomic E-state index is 0.169. The van der Waals surface area contributed by atoms with Gasteiger partial charge in [0.25, 0.3) is 0 Å². The molecule has 0 saturated heterocycles. The summed E-state index contributed by atoms with van der Waals surface area (Å²) in [5.41, 5.74) is 6.35. The molecular formula is C12H24N4. The number of rotatable bonds is 5. The zero-order chi connectivity index (χ0) is 12.2. The molecule has 4 nitrogen and oxygen atoms in total. The number of hydrogen-bond donors (Lipinski definition) is 2. The number of imidazole rings is 1. The van der Waals surface area contributed by atoms with E-state index in [0.717, 1.165) is 25.5 Å². The van der Waals surface area contributed by atoms with Crippen LogP contribution in [-0.2, 0) is 6.54 Å². The molecule has 0 amide bonds. The number of nitrogens with two attached hydrogens (primary N) is 1. The predicted octanol–water partition coefficient (Wildman–Crippen LogP) is 2.08. The highest BCUT2D eigenvalue weighted by Crippen LogP contribution is 2.19. The zero-order valence-corrected chi connectivity index (χ0v) is 10.8. The van der Waals surface area contributed by atoms with Crippen LogP contribution in [0, 0.1) is 5.41 Å². The van der Waals surface area contributed by atoms with Crippen LogP contribution in [0.4, 0.5) is 5.95 Å². The van der Waals surface area contributed by atoms with Crippen LogP contribution in [0.15, 0.2) is 12.4 Å². The van der Waals surface area contributed by atoms with Gasteiger partial charge >= 0.3 is 0 Å². The van der Waals surface area contributed by atoms with Gasteiger partial charge in [0.05, 0.1) is 0 Å². The fraction of sp³-hybridized carbons (Fsp3) is 0.750. The number of hydrogen-bond acceptors (Lipinski definition) is 3. The van der Waals surface area contributed by atoms with Crippen LogP contribution in [0.5, 0.6) is 0 Å². The highest BCUT2D eigenvalue weighted by Gasteiger charge is 2.15. The number of anilines is 1. The number of aryl methyl sites for hydroxylation is 1. The second-order valence-corrected chi connectivity index (χ2v) is 5.44. The molecule has 1 aromatic heterocycles. The maximum Gasteiger partial charge on any atom is 0.202 e. The van der Waals surface area contributed by atoms with Gasteiger partial charge in [0, 0.05) is 31.5 Å². The van der Waals surface area contributed by atoms with E-state index in [1.165, 1.54) is 0 Å². The number of aromatic nitrogens is 2. The summed E-state index contributed by atoms with van der Waals surface area (Å²) < 4.78 is 2.07. The molecule has 0 spiro atoms. The van der Waals surface area contributed by atoms with Crippen molar-refractivity contribution >= 4 is 5.95 Å². The first-order chi connectivity index (χ1) is 7.42. The van der Waals surface area contributed by atoms with Crippen molar-refractivity contribution in [3.05, 3.63) is 12.4 Å². The summed E-state index contributed by atoms with van der Waals surface area (Å²) in [7, 11) is 0. The van der Waals surface area contributed by atoms with Crippen molar-refractivity contribution in [2.75, 3.05) is 11.9 Å². The third-order valence-corrected chi connectivity index (χ3v) is 2.45. The van der Waals surface area contributed by atoms with Crippen LogP contribution in [0.25, 0.3) is 0 Å². The van der Waals surface area contributed by atoms with E-state index in [1.807, 2.05) is 6.20 Å². The van der Waals surface area contributed by atoms with Crippen LogP contribution in [-0.4, -0.2) is 22.1 Å². The Morgan fingerprint density at radius 2 is 2.19 bits per heavy atom. The lowest BCUT2D eigenvalue weighted by atomic mass is 9.88. The smallest absolute Gasteiger partial charge is 0.202 e. The molecule has 0 aliphatic heterocycles. The second-order valence-electron chi connectivity index (χ2n) is 5.44. The third kappa shape index (κ3) is 4.23. The van der Waals surface area contributed by atoms with E-state index < -0.39 is 0 Å². The summed E-state index contributed by atoms with van der Waals surface area (Å²) in [6.07, 6.45) is 4.78. The van der Waals surface area contributed by atoms with Crippen LogP contribution in [0.1, 0.15) is 34.1 Å². The molecule has 0 aliphatic rings. The van der Waals surface area contributed by atoms with Gasteiger partial charge < -0.3 is 15.6 Å². The molecule has 0 aliphatic carbocycles. The Bertz CT molecular complexity index is 311. The normalized spacial score (nSPS) is 13.8. The molecule has 1 unspecified atom stereocenters. The standard InChI is InChI=1S/C12H24N4/c1-5-16-7-6-14-11(16)15-9-10(13)8-12(2,3)4/h6-7,10H,5,8-9,13H2,1-4H3,(H,14,15). The van der Waals surface area contributed by atoms with Crippen LogP contribution < -0.4 is 11.1 Å². The summed E-state index contributed by atoms with van der Waals surface area (Å²) in [5, 5.41) is 3.29. The molecule has 0 saturated carbocycles. The van der Waals surface area contributed by atoms with Gasteiger partial charge in [0.2, 0.25) is 5.95 Å². The maximum atomic E-state index is 6.07. The molecule has 1 aromatic rings. The highest BCUT2D eigenvalue weighted by atomic mass is 15.2. The quantitative estimate of drug-likeness (QED) is 0.805. The van der Waals surface area contributed by atoms with Crippen molar-refractivity contribution in [2.45, 2.75) is 46.7 Å². The molecule has 0 fully saturated rings. The van der Waals surface area contributed by atoms with Gasteiger partial charge in [-0.2, -0.15) is 0 Å². The molecule has 4 heteroatoms. The van der Waals surface area contributed by atoms with Gasteiger partial charge in [-0.3, -0.25) is 0 Å². The lowest BCUT2D eigenvalue weighted by Gasteiger charge is -2.23. The van der Waals surface area contributed by atoms with Gasteiger partial charge in [0.15, 0.2) is 0 Å². The number of nitrogens with zero attached hydrogens (tertiary/aromatic N) is 2. The third-order valence-electron chi connectivity index (χ3n) is 2.45. The highest BCUT2D eigenvalue weighted by molar-refractivity contribution is 5.25. The van der Waals surface area contributed by atoms with Crippen molar-refractivity contribution < 1.29 is 0 Å². The first kappa shape index (κ1) is 13.0. The minimum Gasteiger partial charge on any atom is -0.354 e. The Kier molecular flexibility index (Phi) is 4.35. The first-order valence-corrected chi connectivity index (χ1v) is 5.93. The lowest BCUT2D eigenvalue weighted by Crippen LogP contribution is -2.33. The topological polar surface area (TPSA) is 55.9 Å². The molecule has 0 bridgehead atoms. The van der Waals surface area contributed by atoms with Gasteiger partial charge in [0.1, 0.15) is 0 Å². The Morgan fingerprint density at radius 1 is 1.50 bits per heavy atom. The van der Waals surface area contributed by atoms with Crippen molar-refractivity contribution in [2.24, 2.45) is 11.1 Å². The average molecular weight is 224 g/mol. The zero-order valence-electron chi connectivity index (χ0n) is 10.8. The number of nitrogens with one attached hydrogen (secondary N) is 1. The summed E-state index contributed by atoms with van der Waals surface area (Å²) in [6.45, 7) is 10.4. The van der Waals surface area contributed by atoms with Crippen molar-refractivity contribution in [1.29, 1.82) is 0 Å². The van der Waals surface area contributed by atoms with Gasteiger partial charge in [-0.15, -0.1) is 0 Å². The van der Waals surface area contributed by atoms with Crippen LogP contribution >= 0.6 is 0 Å². The summed E-state index contributed by atoms with van der Waals surface area (Å²) in [5.74, 6) is 0.909. The monoisotopic (exact) mass is 224 g/mol. The van der Waals surface area contributed by atoms with Crippen LogP contribution in [0.3, 0.4) is 0 Å². The molecule has 3 N–H and O–H groups in total. The first-order valence-electron chi connectivity index (χ1n) is 5.93. The molecule has 16 heavy (non-hydrogen) atoms. The van der Waals surface area contributed by atoms with Crippen molar-refractivity contribution in [3.8, 4) is 0 Å². The fourth-order valence-corrected chi connectivity index (χ4v) is 1.81. The average Bonchev–Trinajstić information content (AvgIpc) is 2.59. The van der Waals surface area contributed by atoms with E-state index in [9.17, 15) is 0 Å². The summed E-state index contributed by atoms with van der Waals surface area (Å²) >= 11 is 0. The second kappa shape index (κ2) is 5.34. The summed E-state index contributed by atoms with van der Waals surface area (Å²) in [4.78, 5) is 4.25. The largest absolute Gasteiger partial charge is 0.354 e. The van der Waals surface area contributed by atoms with E-state index in [2.05, 4.69) is 42.6 Å². The fourth-order valence-electron chi connectivity index (χ4n) is 1.81. The Hall–Kier alpha value is -1.03. The van der Waals surface area contributed by atoms with Gasteiger partial charge in [-0.05, 0) is 18.8 Å². The van der Waals surface area contributed by atoms with E-state index in [0.29, 0.717) is 0 Å². The molecule has 0 radical (unpaired) electrons. The Balaban J connectivity index is 2.40. The van der Waals surface area contributed by atoms with Gasteiger partial charge in [-0.25, -0.2) is 4.98 Å². The van der Waals surface area contributed by atoms with Gasteiger partial charge in [-0.1, -0.05) is 20.8 Å². The van der Waals surface area contributed by atoms with E-state index in [4.69, 9.17) is 5.73 Å². The molecule has 92 valence electrons. The lowest BCUT2D eigenvalue weighted by molar-refractivity contribution is 0.344. The Morgan fingerprint density at radius 3 is 2.75 bits per heavy atom. The molecule has 0 aromatic carbocycles. The van der Waals surface area contributed by atoms with Crippen molar-refractivity contribution in [3.63, 3.8) is 0 Å². The molecule has 1 heterocycles. The molecule has 1 rings (SSSR count). The van der Waals surface area contributed by atoms with E-state index in [1.54, 1.807) is 6.20 Å².